The van der Waals surface area contributed by atoms with Crippen LogP contribution in [-0.2, 0) is 6.54 Å². The van der Waals surface area contributed by atoms with Gasteiger partial charge in [-0.15, -0.1) is 11.8 Å². The molecule has 3 aromatic rings. The van der Waals surface area contributed by atoms with Crippen molar-refractivity contribution in [2.24, 2.45) is 0 Å². The molecule has 2 heterocycles. The Morgan fingerprint density at radius 3 is 2.66 bits per heavy atom. The molecule has 5 nitrogen and oxygen atoms in total. The Morgan fingerprint density at radius 2 is 1.97 bits per heavy atom. The average Bonchev–Trinajstić information content (AvgIpc) is 2.72. The fourth-order valence-electron chi connectivity index (χ4n) is 2.93. The summed E-state index contributed by atoms with van der Waals surface area (Å²) in [5.74, 6) is 1.01. The van der Waals surface area contributed by atoms with Gasteiger partial charge in [0.25, 0.3) is 5.91 Å². The van der Waals surface area contributed by atoms with E-state index in [9.17, 15) is 9.18 Å². The number of hydrogen-bond donors (Lipinski definition) is 1. The second-order valence-corrected chi connectivity index (χ2v) is 7.74. The third-order valence-corrected chi connectivity index (χ3v) is 5.27. The molecule has 0 aliphatic heterocycles. The van der Waals surface area contributed by atoms with Gasteiger partial charge in [-0.25, -0.2) is 9.37 Å². The minimum atomic E-state index is -0.319. The van der Waals surface area contributed by atoms with Crippen molar-refractivity contribution < 1.29 is 9.18 Å². The Balaban J connectivity index is 1.86. The minimum Gasteiger partial charge on any atom is -0.348 e. The van der Waals surface area contributed by atoms with E-state index < -0.39 is 0 Å². The Bertz CT molecular complexity index is 997. The summed E-state index contributed by atoms with van der Waals surface area (Å²) in [5.41, 5.74) is 3.06. The van der Waals surface area contributed by atoms with E-state index in [4.69, 9.17) is 4.98 Å². The number of nitrogens with one attached hydrogen (secondary N) is 1. The molecule has 150 valence electrons. The van der Waals surface area contributed by atoms with E-state index in [1.165, 1.54) is 23.9 Å². The molecule has 0 aliphatic rings. The molecule has 0 radical (unpaired) electrons. The van der Waals surface area contributed by atoms with Crippen LogP contribution in [0.4, 0.5) is 15.9 Å². The smallest absolute Gasteiger partial charge is 0.254 e. The topological polar surface area (TPSA) is 58.1 Å². The maximum absolute atomic E-state index is 13.4. The maximum atomic E-state index is 13.4. The van der Waals surface area contributed by atoms with Crippen LogP contribution in [0.5, 0.6) is 0 Å². The van der Waals surface area contributed by atoms with E-state index in [0.29, 0.717) is 16.2 Å². The number of aromatic nitrogens is 2. The molecule has 0 fully saturated rings. The zero-order valence-corrected chi connectivity index (χ0v) is 17.5. The number of thioether (sulfide) groups is 1. The number of anilines is 2. The first-order chi connectivity index (χ1) is 14.0. The first-order valence-electron chi connectivity index (χ1n) is 9.30. The summed E-state index contributed by atoms with van der Waals surface area (Å²) >= 11 is 1.52. The normalized spacial score (nSPS) is 10.6. The van der Waals surface area contributed by atoms with Crippen molar-refractivity contribution in [3.63, 3.8) is 0 Å². The molecule has 2 aromatic heterocycles. The van der Waals surface area contributed by atoms with Crippen molar-refractivity contribution in [2.75, 3.05) is 17.7 Å². The summed E-state index contributed by atoms with van der Waals surface area (Å²) < 4.78 is 13.4. The van der Waals surface area contributed by atoms with Gasteiger partial charge in [0.1, 0.15) is 16.7 Å². The van der Waals surface area contributed by atoms with Gasteiger partial charge in [-0.3, -0.25) is 9.78 Å². The van der Waals surface area contributed by atoms with Crippen LogP contribution >= 0.6 is 11.8 Å². The fourth-order valence-corrected chi connectivity index (χ4v) is 3.76. The maximum Gasteiger partial charge on any atom is 0.254 e. The van der Waals surface area contributed by atoms with Crippen LogP contribution in [-0.4, -0.2) is 28.7 Å². The van der Waals surface area contributed by atoms with Crippen molar-refractivity contribution in [1.82, 2.24) is 15.3 Å². The van der Waals surface area contributed by atoms with Crippen molar-refractivity contribution in [1.29, 1.82) is 0 Å². The van der Waals surface area contributed by atoms with Crippen LogP contribution in [0.25, 0.3) is 0 Å². The van der Waals surface area contributed by atoms with Crippen molar-refractivity contribution >= 4 is 29.2 Å². The molecule has 7 heteroatoms. The lowest BCUT2D eigenvalue weighted by atomic mass is 10.1. The third kappa shape index (κ3) is 5.12. The Labute approximate surface area is 174 Å². The Hall–Kier alpha value is -2.93. The molecule has 0 spiro atoms. The molecule has 0 bridgehead atoms. The molecular weight excluding hydrogens is 387 g/mol. The SMILES string of the molecule is CCSc1nc(N(C)c2ccncc2)cc(C)c1C(=O)NCc1cccc(F)c1. The highest BCUT2D eigenvalue weighted by molar-refractivity contribution is 7.99. The number of rotatable bonds is 7. The van der Waals surface area contributed by atoms with E-state index in [1.54, 1.807) is 24.5 Å². The molecule has 0 aliphatic carbocycles. The second-order valence-electron chi connectivity index (χ2n) is 6.49. The molecule has 0 unspecified atom stereocenters. The van der Waals surface area contributed by atoms with Gasteiger partial charge in [-0.05, 0) is 54.1 Å². The predicted molar refractivity (Wildman–Crippen MR) is 115 cm³/mol. The predicted octanol–water partition coefficient (Wildman–Crippen LogP) is 4.73. The van der Waals surface area contributed by atoms with E-state index in [0.717, 1.165) is 22.8 Å². The summed E-state index contributed by atoms with van der Waals surface area (Å²) in [7, 11) is 1.93. The van der Waals surface area contributed by atoms with Gasteiger partial charge in [-0.2, -0.15) is 0 Å². The Morgan fingerprint density at radius 1 is 1.21 bits per heavy atom. The van der Waals surface area contributed by atoms with Gasteiger partial charge >= 0.3 is 0 Å². The van der Waals surface area contributed by atoms with Gasteiger partial charge < -0.3 is 10.2 Å². The molecule has 0 atom stereocenters. The largest absolute Gasteiger partial charge is 0.348 e. The number of carbonyl (C=O) groups is 1. The first-order valence-corrected chi connectivity index (χ1v) is 10.3. The summed E-state index contributed by atoms with van der Waals surface area (Å²) in [5, 5.41) is 3.56. The van der Waals surface area contributed by atoms with Crippen LogP contribution in [0.3, 0.4) is 0 Å². The van der Waals surface area contributed by atoms with E-state index in [2.05, 4.69) is 10.3 Å². The summed E-state index contributed by atoms with van der Waals surface area (Å²) in [6.45, 7) is 4.18. The number of aryl methyl sites for hydroxylation is 1. The van der Waals surface area contributed by atoms with Crippen LogP contribution in [0.15, 0.2) is 59.9 Å². The summed E-state index contributed by atoms with van der Waals surface area (Å²) in [6, 6.07) is 11.9. The number of pyridine rings is 2. The monoisotopic (exact) mass is 410 g/mol. The molecule has 0 saturated carbocycles. The zero-order valence-electron chi connectivity index (χ0n) is 16.6. The molecule has 1 aromatic carbocycles. The van der Waals surface area contributed by atoms with Crippen molar-refractivity contribution in [3.05, 3.63) is 77.4 Å². The lowest BCUT2D eigenvalue weighted by molar-refractivity contribution is 0.0946. The number of hydrogen-bond acceptors (Lipinski definition) is 5. The molecule has 3 rings (SSSR count). The highest BCUT2D eigenvalue weighted by atomic mass is 32.2. The van der Waals surface area contributed by atoms with Crippen molar-refractivity contribution in [2.45, 2.75) is 25.4 Å². The minimum absolute atomic E-state index is 0.215. The van der Waals surface area contributed by atoms with Crippen LogP contribution in [0, 0.1) is 12.7 Å². The van der Waals surface area contributed by atoms with Crippen molar-refractivity contribution in [3.8, 4) is 0 Å². The van der Waals surface area contributed by atoms with Gasteiger partial charge in [-0.1, -0.05) is 19.1 Å². The van der Waals surface area contributed by atoms with Gasteiger partial charge in [0, 0.05) is 31.7 Å². The van der Waals surface area contributed by atoms with E-state index in [-0.39, 0.29) is 18.3 Å². The number of amides is 1. The van der Waals surface area contributed by atoms with E-state index >= 15 is 0 Å². The third-order valence-electron chi connectivity index (χ3n) is 4.41. The quantitative estimate of drug-likeness (QED) is 0.571. The fraction of sp³-hybridized carbons (Fsp3) is 0.227. The molecule has 1 N–H and O–H groups in total. The van der Waals surface area contributed by atoms with Crippen LogP contribution in [0.2, 0.25) is 0 Å². The average molecular weight is 411 g/mol. The summed E-state index contributed by atoms with van der Waals surface area (Å²) in [6.07, 6.45) is 3.46. The number of carbonyl (C=O) groups excluding carboxylic acids is 1. The highest BCUT2D eigenvalue weighted by Gasteiger charge is 2.19. The number of halogens is 1. The van der Waals surface area contributed by atoms with Crippen LogP contribution < -0.4 is 10.2 Å². The van der Waals surface area contributed by atoms with E-state index in [1.807, 2.05) is 44.0 Å². The zero-order chi connectivity index (χ0) is 20.8. The molecule has 0 saturated heterocycles. The molecule has 29 heavy (non-hydrogen) atoms. The molecule has 1 amide bonds. The highest BCUT2D eigenvalue weighted by Crippen LogP contribution is 2.29. The van der Waals surface area contributed by atoms with Gasteiger partial charge in [0.15, 0.2) is 0 Å². The Kier molecular flexibility index (Phi) is 6.82. The number of benzene rings is 1. The number of nitrogens with zero attached hydrogens (tertiary/aromatic N) is 3. The lowest BCUT2D eigenvalue weighted by Gasteiger charge is -2.21. The summed E-state index contributed by atoms with van der Waals surface area (Å²) in [4.78, 5) is 23.6. The first kappa shape index (κ1) is 20.8. The molecular formula is C22H23FN4OS. The standard InChI is InChI=1S/C22H23FN4OS/c1-4-29-22-20(21(28)25-14-16-6-5-7-17(23)13-16)15(2)12-19(26-22)27(3)18-8-10-24-11-9-18/h5-13H,4,14H2,1-3H3,(H,25,28). The van der Waals surface area contributed by atoms with Gasteiger partial charge in [0.2, 0.25) is 0 Å². The van der Waals surface area contributed by atoms with Crippen LogP contribution in [0.1, 0.15) is 28.4 Å². The van der Waals surface area contributed by atoms with Gasteiger partial charge in [0.05, 0.1) is 5.56 Å². The lowest BCUT2D eigenvalue weighted by Crippen LogP contribution is -2.25. The second kappa shape index (κ2) is 9.52.